The van der Waals surface area contributed by atoms with E-state index in [1.807, 2.05) is 43.3 Å². The third-order valence-electron chi connectivity index (χ3n) is 3.45. The van der Waals surface area contributed by atoms with Crippen molar-refractivity contribution in [1.82, 2.24) is 0 Å². The topological polar surface area (TPSA) is 40.5 Å². The Morgan fingerprint density at radius 3 is 2.52 bits per heavy atom. The van der Waals surface area contributed by atoms with E-state index in [1.165, 1.54) is 12.1 Å². The molecule has 0 saturated heterocycles. The number of aliphatic carboxylic acids is 1. The van der Waals surface area contributed by atoms with Crippen molar-refractivity contribution < 1.29 is 14.3 Å². The van der Waals surface area contributed by atoms with Gasteiger partial charge in [-0.05, 0) is 30.2 Å². The molecule has 0 amide bonds. The molecule has 0 aliphatic carbocycles. The molecule has 0 saturated carbocycles. The highest BCUT2D eigenvalue weighted by molar-refractivity contribution is 5.76. The summed E-state index contributed by atoms with van der Waals surface area (Å²) in [6.07, 6.45) is 0.262. The van der Waals surface area contributed by atoms with Crippen molar-refractivity contribution in [3.8, 4) is 0 Å². The lowest BCUT2D eigenvalue weighted by molar-refractivity contribution is -0.138. The van der Waals surface area contributed by atoms with E-state index in [4.69, 9.17) is 0 Å². The molecule has 4 heteroatoms. The maximum atomic E-state index is 13.8. The number of carbonyl (C=O) groups is 1. The van der Waals surface area contributed by atoms with Crippen LogP contribution in [0.15, 0.2) is 48.5 Å². The molecule has 0 bridgehead atoms. The van der Waals surface area contributed by atoms with Gasteiger partial charge in [-0.2, -0.15) is 0 Å². The largest absolute Gasteiger partial charge is 0.481 e. The van der Waals surface area contributed by atoms with Crippen LogP contribution in [-0.4, -0.2) is 25.2 Å². The van der Waals surface area contributed by atoms with Gasteiger partial charge >= 0.3 is 5.97 Å². The summed E-state index contributed by atoms with van der Waals surface area (Å²) in [5.74, 6) is -2.38. The number of halogens is 1. The minimum atomic E-state index is -1.02. The summed E-state index contributed by atoms with van der Waals surface area (Å²) in [5, 5.41) is 9.41. The average Bonchev–Trinajstić information content (AvgIpc) is 2.45. The molecular weight excluding hydrogens is 269 g/mol. The number of nitrogens with zero attached hydrogens (tertiary/aromatic N) is 1. The first-order valence-corrected chi connectivity index (χ1v) is 6.72. The molecule has 0 aliphatic rings. The summed E-state index contributed by atoms with van der Waals surface area (Å²) in [6.45, 7) is 0. The normalized spacial score (nSPS) is 12.0. The molecule has 0 fully saturated rings. The van der Waals surface area contributed by atoms with Crippen molar-refractivity contribution in [1.29, 1.82) is 0 Å². The Balaban J connectivity index is 2.31. The lowest BCUT2D eigenvalue weighted by atomic mass is 9.91. The molecule has 1 atom stereocenters. The van der Waals surface area contributed by atoms with Crippen molar-refractivity contribution in [3.63, 3.8) is 0 Å². The van der Waals surface area contributed by atoms with Crippen LogP contribution in [-0.2, 0) is 11.2 Å². The number of carboxylic acids is 1. The molecule has 110 valence electrons. The fraction of sp³-hybridized carbons (Fsp3) is 0.235. The molecule has 1 N–H and O–H groups in total. The lowest BCUT2D eigenvalue weighted by Crippen LogP contribution is -2.16. The summed E-state index contributed by atoms with van der Waals surface area (Å²) >= 11 is 0. The van der Waals surface area contributed by atoms with Crippen LogP contribution in [0.1, 0.15) is 17.0 Å². The van der Waals surface area contributed by atoms with E-state index < -0.39 is 17.7 Å². The fourth-order valence-electron chi connectivity index (χ4n) is 2.29. The van der Waals surface area contributed by atoms with Crippen molar-refractivity contribution in [3.05, 3.63) is 65.5 Å². The molecule has 1 unspecified atom stereocenters. The van der Waals surface area contributed by atoms with Crippen LogP contribution in [0.4, 0.5) is 10.1 Å². The monoisotopic (exact) mass is 287 g/mol. The zero-order valence-corrected chi connectivity index (χ0v) is 12.1. The molecule has 0 aromatic heterocycles. The van der Waals surface area contributed by atoms with E-state index in [0.717, 1.165) is 11.3 Å². The fourth-order valence-corrected chi connectivity index (χ4v) is 2.29. The van der Waals surface area contributed by atoms with Gasteiger partial charge in [-0.1, -0.05) is 30.3 Å². The van der Waals surface area contributed by atoms with Crippen molar-refractivity contribution in [2.75, 3.05) is 19.0 Å². The van der Waals surface area contributed by atoms with E-state index in [1.54, 1.807) is 12.1 Å². The Morgan fingerprint density at radius 2 is 1.90 bits per heavy atom. The number of rotatable bonds is 5. The highest BCUT2D eigenvalue weighted by Gasteiger charge is 2.23. The van der Waals surface area contributed by atoms with Gasteiger partial charge in [0.1, 0.15) is 5.82 Å². The number of benzene rings is 2. The first-order valence-electron chi connectivity index (χ1n) is 6.72. The minimum Gasteiger partial charge on any atom is -0.481 e. The minimum absolute atomic E-state index is 0.222. The third kappa shape index (κ3) is 3.60. The Labute approximate surface area is 123 Å². The molecule has 0 aliphatic heterocycles. The number of hydrogen-bond donors (Lipinski definition) is 1. The van der Waals surface area contributed by atoms with Gasteiger partial charge in [0.15, 0.2) is 0 Å². The van der Waals surface area contributed by atoms with Crippen LogP contribution in [0.2, 0.25) is 0 Å². The number of carboxylic acid groups (broad SMARTS) is 1. The van der Waals surface area contributed by atoms with Crippen LogP contribution < -0.4 is 4.90 Å². The molecular formula is C17H18FNO2. The van der Waals surface area contributed by atoms with Crippen LogP contribution in [0.25, 0.3) is 0 Å². The number of anilines is 1. The van der Waals surface area contributed by atoms with E-state index >= 15 is 0 Å². The predicted molar refractivity (Wildman–Crippen MR) is 81.2 cm³/mol. The molecule has 2 rings (SSSR count). The Hall–Kier alpha value is -2.36. The summed E-state index contributed by atoms with van der Waals surface area (Å²) in [6, 6.07) is 13.7. The molecule has 21 heavy (non-hydrogen) atoms. The van der Waals surface area contributed by atoms with Crippen LogP contribution in [0.3, 0.4) is 0 Å². The van der Waals surface area contributed by atoms with E-state index in [9.17, 15) is 14.3 Å². The van der Waals surface area contributed by atoms with E-state index in [2.05, 4.69) is 0 Å². The van der Waals surface area contributed by atoms with E-state index in [0.29, 0.717) is 0 Å². The number of hydrogen-bond acceptors (Lipinski definition) is 2. The standard InChI is InChI=1S/C17H18FNO2/c1-19(2)13-7-5-6-12(10-13)11-15(17(20)21)14-8-3-4-9-16(14)18/h3-10,15H,11H2,1-2H3,(H,20,21). The summed E-state index contributed by atoms with van der Waals surface area (Å²) in [4.78, 5) is 13.4. The lowest BCUT2D eigenvalue weighted by Gasteiger charge is -2.16. The van der Waals surface area contributed by atoms with Gasteiger partial charge in [0.2, 0.25) is 0 Å². The van der Waals surface area contributed by atoms with Gasteiger partial charge in [0.05, 0.1) is 5.92 Å². The van der Waals surface area contributed by atoms with Gasteiger partial charge in [-0.3, -0.25) is 4.79 Å². The second kappa shape index (κ2) is 6.39. The van der Waals surface area contributed by atoms with Gasteiger partial charge in [0, 0.05) is 25.3 Å². The van der Waals surface area contributed by atoms with Crippen LogP contribution >= 0.6 is 0 Å². The second-order valence-corrected chi connectivity index (χ2v) is 5.18. The van der Waals surface area contributed by atoms with Gasteiger partial charge in [0.25, 0.3) is 0 Å². The van der Waals surface area contributed by atoms with E-state index in [-0.39, 0.29) is 12.0 Å². The van der Waals surface area contributed by atoms with Crippen LogP contribution in [0, 0.1) is 5.82 Å². The molecule has 2 aromatic carbocycles. The SMILES string of the molecule is CN(C)c1cccc(CC(C(=O)O)c2ccccc2F)c1. The Kier molecular flexibility index (Phi) is 4.58. The summed E-state index contributed by atoms with van der Waals surface area (Å²) in [5.41, 5.74) is 2.09. The average molecular weight is 287 g/mol. The quantitative estimate of drug-likeness (QED) is 0.917. The second-order valence-electron chi connectivity index (χ2n) is 5.18. The maximum Gasteiger partial charge on any atom is 0.311 e. The highest BCUT2D eigenvalue weighted by atomic mass is 19.1. The zero-order valence-electron chi connectivity index (χ0n) is 12.1. The first-order chi connectivity index (χ1) is 9.99. The van der Waals surface area contributed by atoms with Crippen molar-refractivity contribution >= 4 is 11.7 Å². The van der Waals surface area contributed by atoms with Gasteiger partial charge in [-0.15, -0.1) is 0 Å². The third-order valence-corrected chi connectivity index (χ3v) is 3.45. The molecule has 3 nitrogen and oxygen atoms in total. The smallest absolute Gasteiger partial charge is 0.311 e. The Bertz CT molecular complexity index is 640. The molecule has 0 radical (unpaired) electrons. The molecule has 2 aromatic rings. The summed E-state index contributed by atoms with van der Waals surface area (Å²) < 4.78 is 13.8. The van der Waals surface area contributed by atoms with Gasteiger partial charge in [-0.25, -0.2) is 4.39 Å². The van der Waals surface area contributed by atoms with Crippen molar-refractivity contribution in [2.45, 2.75) is 12.3 Å². The highest BCUT2D eigenvalue weighted by Crippen LogP contribution is 2.25. The van der Waals surface area contributed by atoms with Crippen LogP contribution in [0.5, 0.6) is 0 Å². The molecule has 0 spiro atoms. The molecule has 0 heterocycles. The zero-order chi connectivity index (χ0) is 15.4. The van der Waals surface area contributed by atoms with Crippen molar-refractivity contribution in [2.24, 2.45) is 0 Å². The van der Waals surface area contributed by atoms with Gasteiger partial charge < -0.3 is 10.0 Å². The first kappa shape index (κ1) is 15.0. The Morgan fingerprint density at radius 1 is 1.19 bits per heavy atom. The predicted octanol–water partition coefficient (Wildman–Crippen LogP) is 3.30. The maximum absolute atomic E-state index is 13.8. The summed E-state index contributed by atoms with van der Waals surface area (Å²) in [7, 11) is 3.84.